The molecule has 0 aromatic carbocycles. The van der Waals surface area contributed by atoms with E-state index in [9.17, 15) is 0 Å². The van der Waals surface area contributed by atoms with E-state index in [1.807, 2.05) is 0 Å². The van der Waals surface area contributed by atoms with Crippen LogP contribution in [0.5, 0.6) is 0 Å². The number of nitrogens with zero attached hydrogens (tertiary/aromatic N) is 1. The molecule has 0 spiro atoms. The Morgan fingerprint density at radius 3 is 2.69 bits per heavy atom. The minimum absolute atomic E-state index is 0.861. The Morgan fingerprint density at radius 2 is 1.92 bits per heavy atom. The zero-order chi connectivity index (χ0) is 9.26. The summed E-state index contributed by atoms with van der Waals surface area (Å²) in [7, 11) is 4.46. The predicted molar refractivity (Wildman–Crippen MR) is 55.8 cm³/mol. The molecule has 1 aliphatic carbocycles. The van der Waals surface area contributed by atoms with E-state index in [0.29, 0.717) is 0 Å². The molecule has 1 N–H and O–H groups in total. The number of piperidine rings is 1. The van der Waals surface area contributed by atoms with Crippen LogP contribution in [0.25, 0.3) is 0 Å². The summed E-state index contributed by atoms with van der Waals surface area (Å²) in [6.07, 6.45) is 5.71. The van der Waals surface area contributed by atoms with Crippen molar-refractivity contribution in [3.05, 3.63) is 0 Å². The summed E-state index contributed by atoms with van der Waals surface area (Å²) in [4.78, 5) is 2.41. The van der Waals surface area contributed by atoms with Gasteiger partial charge in [0.25, 0.3) is 0 Å². The van der Waals surface area contributed by atoms with Crippen LogP contribution < -0.4 is 5.32 Å². The fraction of sp³-hybridized carbons (Fsp3) is 1.00. The van der Waals surface area contributed by atoms with Gasteiger partial charge in [0.15, 0.2) is 0 Å². The third-order valence-corrected chi connectivity index (χ3v) is 3.94. The molecule has 2 fully saturated rings. The van der Waals surface area contributed by atoms with Crippen LogP contribution in [-0.4, -0.2) is 38.1 Å². The van der Waals surface area contributed by atoms with Crippen molar-refractivity contribution in [3.63, 3.8) is 0 Å². The van der Waals surface area contributed by atoms with Gasteiger partial charge < -0.3 is 10.2 Å². The van der Waals surface area contributed by atoms with Gasteiger partial charge >= 0.3 is 0 Å². The first-order valence-electron chi connectivity index (χ1n) is 5.64. The molecule has 1 saturated carbocycles. The number of hydrogen-bond donors (Lipinski definition) is 1. The lowest BCUT2D eigenvalue weighted by Crippen LogP contribution is -2.44. The molecule has 0 aromatic heterocycles. The highest BCUT2D eigenvalue weighted by Gasteiger charge is 2.32. The van der Waals surface area contributed by atoms with Crippen LogP contribution in [0.3, 0.4) is 0 Å². The molecule has 76 valence electrons. The molecule has 2 aliphatic rings. The molecule has 2 nitrogen and oxygen atoms in total. The Labute approximate surface area is 81.7 Å². The van der Waals surface area contributed by atoms with Gasteiger partial charge in [0.1, 0.15) is 0 Å². The van der Waals surface area contributed by atoms with Crippen LogP contribution in [0.15, 0.2) is 0 Å². The lowest BCUT2D eigenvalue weighted by Gasteiger charge is -2.41. The lowest BCUT2D eigenvalue weighted by atomic mass is 9.73. The summed E-state index contributed by atoms with van der Waals surface area (Å²) >= 11 is 0. The van der Waals surface area contributed by atoms with Gasteiger partial charge in [0.05, 0.1) is 0 Å². The molecule has 2 rings (SSSR count). The average Bonchev–Trinajstić information content (AvgIpc) is 2.17. The molecule has 0 unspecified atom stereocenters. The largest absolute Gasteiger partial charge is 0.316 e. The third kappa shape index (κ3) is 2.05. The summed E-state index contributed by atoms with van der Waals surface area (Å²) in [5, 5.41) is 3.51. The minimum Gasteiger partial charge on any atom is -0.316 e. The molecule has 0 aromatic rings. The summed E-state index contributed by atoms with van der Waals surface area (Å²) in [5.74, 6) is 2.01. The average molecular weight is 182 g/mol. The highest BCUT2D eigenvalue weighted by atomic mass is 15.1. The molecule has 0 radical (unpaired) electrons. The molecule has 1 heterocycles. The first kappa shape index (κ1) is 9.47. The van der Waals surface area contributed by atoms with Crippen molar-refractivity contribution in [2.45, 2.75) is 31.7 Å². The molecule has 2 heteroatoms. The molecular weight excluding hydrogens is 160 g/mol. The Balaban J connectivity index is 1.91. The summed E-state index contributed by atoms with van der Waals surface area (Å²) in [5.41, 5.74) is 0. The molecule has 0 bridgehead atoms. The summed E-state index contributed by atoms with van der Waals surface area (Å²) < 4.78 is 0. The quantitative estimate of drug-likeness (QED) is 0.658. The van der Waals surface area contributed by atoms with E-state index in [1.165, 1.54) is 38.8 Å². The van der Waals surface area contributed by atoms with E-state index in [0.717, 1.165) is 17.9 Å². The Bertz CT molecular complexity index is 167. The van der Waals surface area contributed by atoms with Gasteiger partial charge in [-0.05, 0) is 64.7 Å². The Kier molecular flexibility index (Phi) is 2.89. The van der Waals surface area contributed by atoms with Crippen molar-refractivity contribution in [1.82, 2.24) is 10.2 Å². The van der Waals surface area contributed by atoms with Gasteiger partial charge in [-0.2, -0.15) is 0 Å². The predicted octanol–water partition coefficient (Wildman–Crippen LogP) is 1.33. The Hall–Kier alpha value is -0.0800. The van der Waals surface area contributed by atoms with Gasteiger partial charge in [0.2, 0.25) is 0 Å². The SMILES string of the molecule is CN(C)[C@H]1CC[C@@H]2CNCC[C@@H]2C1. The van der Waals surface area contributed by atoms with Crippen molar-refractivity contribution in [3.8, 4) is 0 Å². The van der Waals surface area contributed by atoms with Crippen molar-refractivity contribution in [2.75, 3.05) is 27.2 Å². The number of rotatable bonds is 1. The van der Waals surface area contributed by atoms with E-state index in [1.54, 1.807) is 0 Å². The highest BCUT2D eigenvalue weighted by molar-refractivity contribution is 4.87. The van der Waals surface area contributed by atoms with Gasteiger partial charge in [-0.15, -0.1) is 0 Å². The number of fused-ring (bicyclic) bond motifs is 1. The maximum absolute atomic E-state index is 3.51. The highest BCUT2D eigenvalue weighted by Crippen LogP contribution is 2.35. The van der Waals surface area contributed by atoms with Crippen LogP contribution in [0.2, 0.25) is 0 Å². The van der Waals surface area contributed by atoms with Crippen molar-refractivity contribution in [2.24, 2.45) is 11.8 Å². The monoisotopic (exact) mass is 182 g/mol. The Morgan fingerprint density at radius 1 is 1.08 bits per heavy atom. The van der Waals surface area contributed by atoms with Crippen molar-refractivity contribution < 1.29 is 0 Å². The second-order valence-corrected chi connectivity index (χ2v) is 4.94. The fourth-order valence-corrected chi connectivity index (χ4v) is 2.97. The molecule has 0 amide bonds. The normalized spacial score (nSPS) is 40.4. The van der Waals surface area contributed by atoms with Gasteiger partial charge in [-0.3, -0.25) is 0 Å². The lowest BCUT2D eigenvalue weighted by molar-refractivity contribution is 0.110. The van der Waals surface area contributed by atoms with Crippen molar-refractivity contribution in [1.29, 1.82) is 0 Å². The van der Waals surface area contributed by atoms with Crippen LogP contribution in [-0.2, 0) is 0 Å². The smallest absolute Gasteiger partial charge is 0.00920 e. The van der Waals surface area contributed by atoms with E-state index < -0.39 is 0 Å². The molecular formula is C11H22N2. The third-order valence-electron chi connectivity index (χ3n) is 3.94. The first-order valence-corrected chi connectivity index (χ1v) is 5.64. The second-order valence-electron chi connectivity index (χ2n) is 4.94. The summed E-state index contributed by atoms with van der Waals surface area (Å²) in [6.45, 7) is 2.53. The van der Waals surface area contributed by atoms with Crippen LogP contribution in [0, 0.1) is 11.8 Å². The number of hydrogen-bond acceptors (Lipinski definition) is 2. The maximum Gasteiger partial charge on any atom is 0.00920 e. The van der Waals surface area contributed by atoms with E-state index in [-0.39, 0.29) is 0 Å². The standard InChI is InChI=1S/C11H22N2/c1-13(2)11-4-3-10-8-12-6-5-9(10)7-11/h9-12H,3-8H2,1-2H3/t9-,10-,11+/m1/s1. The van der Waals surface area contributed by atoms with Gasteiger partial charge in [-0.1, -0.05) is 0 Å². The van der Waals surface area contributed by atoms with Crippen LogP contribution in [0.1, 0.15) is 25.7 Å². The second kappa shape index (κ2) is 3.97. The molecule has 1 aliphatic heterocycles. The van der Waals surface area contributed by atoms with Gasteiger partial charge in [0, 0.05) is 6.04 Å². The van der Waals surface area contributed by atoms with E-state index >= 15 is 0 Å². The van der Waals surface area contributed by atoms with Gasteiger partial charge in [-0.25, -0.2) is 0 Å². The first-order chi connectivity index (χ1) is 6.27. The summed E-state index contributed by atoms with van der Waals surface area (Å²) in [6, 6.07) is 0.861. The van der Waals surface area contributed by atoms with Crippen LogP contribution >= 0.6 is 0 Å². The van der Waals surface area contributed by atoms with Crippen molar-refractivity contribution >= 4 is 0 Å². The van der Waals surface area contributed by atoms with E-state index in [2.05, 4.69) is 24.3 Å². The van der Waals surface area contributed by atoms with E-state index in [4.69, 9.17) is 0 Å². The maximum atomic E-state index is 3.51. The molecule has 3 atom stereocenters. The fourth-order valence-electron chi connectivity index (χ4n) is 2.97. The minimum atomic E-state index is 0.861. The van der Waals surface area contributed by atoms with Crippen LogP contribution in [0.4, 0.5) is 0 Å². The molecule has 13 heavy (non-hydrogen) atoms. The zero-order valence-electron chi connectivity index (χ0n) is 8.92. The topological polar surface area (TPSA) is 15.3 Å². The number of nitrogens with one attached hydrogen (secondary N) is 1. The molecule has 1 saturated heterocycles. The zero-order valence-corrected chi connectivity index (χ0v) is 8.92.